The van der Waals surface area contributed by atoms with E-state index >= 15 is 0 Å². The maximum atomic E-state index is 12.4. The average Bonchev–Trinajstić information content (AvgIpc) is 3.17. The van der Waals surface area contributed by atoms with Crippen LogP contribution in [0.2, 0.25) is 20.1 Å². The van der Waals surface area contributed by atoms with Crippen molar-refractivity contribution in [2.45, 2.75) is 58.5 Å². The van der Waals surface area contributed by atoms with E-state index in [4.69, 9.17) is 60.6 Å². The van der Waals surface area contributed by atoms with Gasteiger partial charge in [0.05, 0.1) is 13.2 Å². The lowest BCUT2D eigenvalue weighted by molar-refractivity contribution is 0.0239. The molecule has 0 bridgehead atoms. The molecule has 0 atom stereocenters. The van der Waals surface area contributed by atoms with Gasteiger partial charge < -0.3 is 34.6 Å². The molecule has 0 radical (unpaired) electrons. The van der Waals surface area contributed by atoms with E-state index in [-0.39, 0.29) is 43.1 Å². The van der Waals surface area contributed by atoms with Gasteiger partial charge in [0, 0.05) is 59.4 Å². The average molecular weight is 885 g/mol. The molecular formula is C36H42Cl4N10O6S. The van der Waals surface area contributed by atoms with E-state index in [1.807, 2.05) is 31.9 Å². The third-order valence-corrected chi connectivity index (χ3v) is 9.31. The molecule has 16 nitrogen and oxygen atoms in total. The van der Waals surface area contributed by atoms with E-state index in [2.05, 4.69) is 41.0 Å². The number of carbonyl (C=O) groups excluding carboxylic acids is 3. The van der Waals surface area contributed by atoms with Crippen LogP contribution in [0.4, 0.5) is 22.4 Å². The molecule has 1 amide bonds. The van der Waals surface area contributed by atoms with Crippen molar-refractivity contribution < 1.29 is 28.6 Å². The SMILES string of the molecule is CCOC(=O)c1nnc(N2CCN(C(=O)OC(C)(C)C)CC2)nc1NCc1ccc(Cl)cc1Cl.CCOC(=O)c1nnc(SC)nc1NCc1ccc(Cl)cc1Cl. The van der Waals surface area contributed by atoms with Gasteiger partial charge in [-0.05, 0) is 76.3 Å². The van der Waals surface area contributed by atoms with Crippen LogP contribution in [0.5, 0.6) is 0 Å². The standard InChI is InChI=1S/C22H28Cl2N6O4.C14H14Cl2N4O2S/c1-5-33-19(31)17-18(25-13-14-6-7-15(23)12-16(14)24)26-20(28-27-17)29-8-10-30(11-9-29)21(32)34-22(2,3)4;1-3-22-13(21)11-12(18-14(23-2)20-19-11)17-7-8-4-5-9(15)6-10(8)16/h6-7,12H,5,8-11,13H2,1-4H3,(H,25,26,28);4-6H,3,7H2,1-2H3,(H,17,18,20). The number of rotatable bonds is 12. The molecule has 21 heteroatoms. The van der Waals surface area contributed by atoms with Gasteiger partial charge in [-0.15, -0.1) is 20.4 Å². The summed E-state index contributed by atoms with van der Waals surface area (Å²) in [7, 11) is 0. The highest BCUT2D eigenvalue weighted by Crippen LogP contribution is 2.25. The molecule has 1 fully saturated rings. The monoisotopic (exact) mass is 882 g/mol. The number of ether oxygens (including phenoxy) is 3. The van der Waals surface area contributed by atoms with E-state index in [1.54, 1.807) is 55.1 Å². The van der Waals surface area contributed by atoms with E-state index < -0.39 is 17.5 Å². The Bertz CT molecular complexity index is 2040. The summed E-state index contributed by atoms with van der Waals surface area (Å²) < 4.78 is 15.5. The molecule has 57 heavy (non-hydrogen) atoms. The van der Waals surface area contributed by atoms with E-state index in [9.17, 15) is 14.4 Å². The van der Waals surface area contributed by atoms with Crippen LogP contribution >= 0.6 is 58.2 Å². The van der Waals surface area contributed by atoms with Crippen molar-refractivity contribution in [3.05, 3.63) is 79.0 Å². The Balaban J connectivity index is 0.000000273. The summed E-state index contributed by atoms with van der Waals surface area (Å²) in [5.41, 5.74) is 1.04. The number of nitrogens with one attached hydrogen (secondary N) is 2. The maximum Gasteiger partial charge on any atom is 0.410 e. The number of carbonyl (C=O) groups is 3. The second-order valence-corrected chi connectivity index (χ2v) is 15.3. The van der Waals surface area contributed by atoms with Crippen LogP contribution in [0.15, 0.2) is 41.6 Å². The van der Waals surface area contributed by atoms with Gasteiger partial charge in [-0.1, -0.05) is 70.3 Å². The van der Waals surface area contributed by atoms with Crippen LogP contribution in [-0.4, -0.2) is 105 Å². The Hall–Kier alpha value is -4.42. The highest BCUT2D eigenvalue weighted by Gasteiger charge is 2.28. The second kappa shape index (κ2) is 21.4. The Morgan fingerprint density at radius 2 is 1.23 bits per heavy atom. The zero-order valence-electron chi connectivity index (χ0n) is 32.1. The largest absolute Gasteiger partial charge is 0.461 e. The normalized spacial score (nSPS) is 12.6. The van der Waals surface area contributed by atoms with Gasteiger partial charge in [-0.25, -0.2) is 19.4 Å². The number of piperazine rings is 1. The zero-order valence-corrected chi connectivity index (χ0v) is 35.9. The number of hydrogen-bond acceptors (Lipinski definition) is 16. The molecule has 1 aliphatic heterocycles. The van der Waals surface area contributed by atoms with Gasteiger partial charge in [0.1, 0.15) is 5.60 Å². The molecular weight excluding hydrogens is 842 g/mol. The molecule has 0 unspecified atom stereocenters. The quantitative estimate of drug-likeness (QED) is 0.0799. The van der Waals surface area contributed by atoms with Crippen molar-refractivity contribution in [3.63, 3.8) is 0 Å². The minimum absolute atomic E-state index is 0.0249. The predicted molar refractivity (Wildman–Crippen MR) is 221 cm³/mol. The highest BCUT2D eigenvalue weighted by molar-refractivity contribution is 7.98. The van der Waals surface area contributed by atoms with Crippen molar-refractivity contribution in [2.75, 3.05) is 61.2 Å². The molecule has 3 heterocycles. The van der Waals surface area contributed by atoms with Crippen molar-refractivity contribution >= 4 is 93.8 Å². The Morgan fingerprint density at radius 1 is 0.737 bits per heavy atom. The number of esters is 2. The summed E-state index contributed by atoms with van der Waals surface area (Å²) >= 11 is 25.6. The molecule has 0 spiro atoms. The summed E-state index contributed by atoms with van der Waals surface area (Å²) in [6.07, 6.45) is 1.46. The zero-order chi connectivity index (χ0) is 41.7. The topological polar surface area (TPSA) is 187 Å². The molecule has 2 N–H and O–H groups in total. The molecule has 4 aromatic rings. The number of anilines is 3. The summed E-state index contributed by atoms with van der Waals surface area (Å²) in [5, 5.41) is 24.6. The smallest absolute Gasteiger partial charge is 0.410 e. The number of halogens is 4. The molecule has 5 rings (SSSR count). The fourth-order valence-electron chi connectivity index (χ4n) is 4.87. The minimum Gasteiger partial charge on any atom is -0.461 e. The highest BCUT2D eigenvalue weighted by atomic mass is 35.5. The fraction of sp³-hybridized carbons (Fsp3) is 0.417. The first-order chi connectivity index (χ1) is 27.1. The lowest BCUT2D eigenvalue weighted by Gasteiger charge is -2.35. The molecule has 0 aliphatic carbocycles. The van der Waals surface area contributed by atoms with Gasteiger partial charge in [-0.2, -0.15) is 4.98 Å². The van der Waals surface area contributed by atoms with Crippen molar-refractivity contribution in [1.82, 2.24) is 35.3 Å². The lowest BCUT2D eigenvalue weighted by atomic mass is 10.2. The van der Waals surface area contributed by atoms with Gasteiger partial charge in [-0.3, -0.25) is 0 Å². The second-order valence-electron chi connectivity index (χ2n) is 12.9. The number of hydrogen-bond donors (Lipinski definition) is 2. The van der Waals surface area contributed by atoms with E-state index in [0.717, 1.165) is 11.1 Å². The van der Waals surface area contributed by atoms with Gasteiger partial charge >= 0.3 is 18.0 Å². The van der Waals surface area contributed by atoms with Crippen LogP contribution in [0.1, 0.15) is 66.7 Å². The molecule has 0 saturated carbocycles. The molecule has 1 saturated heterocycles. The number of aromatic nitrogens is 6. The Labute approximate surface area is 354 Å². The van der Waals surface area contributed by atoms with Gasteiger partial charge in [0.15, 0.2) is 11.6 Å². The first-order valence-corrected chi connectivity index (χ1v) is 20.3. The predicted octanol–water partition coefficient (Wildman–Crippen LogP) is 7.71. The van der Waals surface area contributed by atoms with Crippen LogP contribution in [-0.2, 0) is 27.3 Å². The number of nitrogens with zero attached hydrogens (tertiary/aromatic N) is 8. The van der Waals surface area contributed by atoms with Gasteiger partial charge in [0.25, 0.3) is 0 Å². The summed E-state index contributed by atoms with van der Waals surface area (Å²) in [5.74, 6) is -0.349. The fourth-order valence-corrected chi connectivity index (χ4v) is 6.13. The summed E-state index contributed by atoms with van der Waals surface area (Å²) in [4.78, 5) is 49.0. The molecule has 306 valence electrons. The molecule has 2 aromatic heterocycles. The first-order valence-electron chi connectivity index (χ1n) is 17.6. The molecule has 2 aromatic carbocycles. The first kappa shape index (κ1) is 45.3. The Kier molecular flexibility index (Phi) is 17.0. The maximum absolute atomic E-state index is 12.4. The third kappa shape index (κ3) is 13.6. The van der Waals surface area contributed by atoms with Crippen LogP contribution in [0, 0.1) is 0 Å². The Morgan fingerprint density at radius 3 is 1.68 bits per heavy atom. The van der Waals surface area contributed by atoms with E-state index in [1.165, 1.54) is 11.8 Å². The molecule has 1 aliphatic rings. The summed E-state index contributed by atoms with van der Waals surface area (Å²) in [6, 6.07) is 10.3. The van der Waals surface area contributed by atoms with Crippen LogP contribution in [0.3, 0.4) is 0 Å². The van der Waals surface area contributed by atoms with Gasteiger partial charge in [0.2, 0.25) is 22.5 Å². The minimum atomic E-state index is -0.631. The number of thioether (sulfide) groups is 1. The van der Waals surface area contributed by atoms with Crippen LogP contribution < -0.4 is 15.5 Å². The van der Waals surface area contributed by atoms with E-state index in [0.29, 0.717) is 69.7 Å². The van der Waals surface area contributed by atoms with Crippen molar-refractivity contribution in [1.29, 1.82) is 0 Å². The lowest BCUT2D eigenvalue weighted by Crippen LogP contribution is -2.50. The van der Waals surface area contributed by atoms with Crippen LogP contribution in [0.25, 0.3) is 0 Å². The number of amides is 1. The summed E-state index contributed by atoms with van der Waals surface area (Å²) in [6.45, 7) is 11.9. The van der Waals surface area contributed by atoms with Crippen molar-refractivity contribution in [3.8, 4) is 0 Å². The third-order valence-electron chi connectivity index (χ3n) is 7.60. The number of benzene rings is 2. The van der Waals surface area contributed by atoms with Crippen molar-refractivity contribution in [2.24, 2.45) is 0 Å².